The Balaban J connectivity index is 1.36. The van der Waals surface area contributed by atoms with Crippen molar-refractivity contribution in [3.63, 3.8) is 0 Å². The van der Waals surface area contributed by atoms with Crippen molar-refractivity contribution in [2.45, 2.75) is 25.2 Å². The fourth-order valence-corrected chi connectivity index (χ4v) is 3.98. The lowest BCUT2D eigenvalue weighted by Gasteiger charge is -2.27. The van der Waals surface area contributed by atoms with Crippen LogP contribution in [0.1, 0.15) is 30.9 Å². The average molecular weight is 355 g/mol. The first-order valence-corrected chi connectivity index (χ1v) is 9.91. The highest BCUT2D eigenvalue weighted by molar-refractivity contribution is 5.82. The largest absolute Gasteiger partial charge is 0.493 e. The van der Waals surface area contributed by atoms with Gasteiger partial charge in [-0.1, -0.05) is 0 Å². The Labute approximate surface area is 155 Å². The molecule has 1 aromatic heterocycles. The van der Waals surface area contributed by atoms with Gasteiger partial charge in [-0.2, -0.15) is 0 Å². The maximum Gasteiger partial charge on any atom is 0.121 e. The molecule has 0 radical (unpaired) electrons. The van der Waals surface area contributed by atoms with Crippen LogP contribution in [0.3, 0.4) is 0 Å². The standard InChI is InChI=1S/C20H29N5O/c1(10-25-11-8-22-9-12-25)13-26-17-2-3-18-19(14-17)23-15-24-20(18)16-4-6-21-7-5-16/h2-3,14-16,21-22H,1,4-13H2. The van der Waals surface area contributed by atoms with Gasteiger partial charge >= 0.3 is 0 Å². The van der Waals surface area contributed by atoms with E-state index in [0.717, 1.165) is 82.9 Å². The zero-order valence-electron chi connectivity index (χ0n) is 15.4. The Kier molecular flexibility index (Phi) is 5.94. The van der Waals surface area contributed by atoms with Crippen LogP contribution in [0.25, 0.3) is 10.9 Å². The maximum atomic E-state index is 5.98. The maximum absolute atomic E-state index is 5.98. The van der Waals surface area contributed by atoms with E-state index < -0.39 is 0 Å². The minimum Gasteiger partial charge on any atom is -0.493 e. The molecule has 0 aliphatic carbocycles. The molecular formula is C20H29N5O. The number of piperazine rings is 1. The summed E-state index contributed by atoms with van der Waals surface area (Å²) in [7, 11) is 0. The number of hydrogen-bond donors (Lipinski definition) is 2. The predicted molar refractivity (Wildman–Crippen MR) is 104 cm³/mol. The van der Waals surface area contributed by atoms with Crippen LogP contribution in [-0.4, -0.2) is 67.3 Å². The second-order valence-corrected chi connectivity index (χ2v) is 7.26. The summed E-state index contributed by atoms with van der Waals surface area (Å²) in [6, 6.07) is 6.27. The lowest BCUT2D eigenvalue weighted by atomic mass is 9.92. The molecule has 2 saturated heterocycles. The van der Waals surface area contributed by atoms with Crippen molar-refractivity contribution in [3.8, 4) is 5.75 Å². The van der Waals surface area contributed by atoms with Crippen LogP contribution in [0.15, 0.2) is 24.5 Å². The van der Waals surface area contributed by atoms with Gasteiger partial charge in [-0.3, -0.25) is 0 Å². The van der Waals surface area contributed by atoms with Crippen molar-refractivity contribution in [3.05, 3.63) is 30.2 Å². The van der Waals surface area contributed by atoms with Crippen molar-refractivity contribution in [2.75, 3.05) is 52.4 Å². The smallest absolute Gasteiger partial charge is 0.121 e. The Morgan fingerprint density at radius 2 is 1.85 bits per heavy atom. The van der Waals surface area contributed by atoms with Crippen LogP contribution in [0, 0.1) is 0 Å². The first-order chi connectivity index (χ1) is 12.9. The summed E-state index contributed by atoms with van der Waals surface area (Å²) >= 11 is 0. The number of rotatable bonds is 6. The number of nitrogens with zero attached hydrogens (tertiary/aromatic N) is 3. The van der Waals surface area contributed by atoms with E-state index in [2.05, 4.69) is 43.7 Å². The highest BCUT2D eigenvalue weighted by Crippen LogP contribution is 2.30. The van der Waals surface area contributed by atoms with Crippen LogP contribution in [0.5, 0.6) is 5.75 Å². The van der Waals surface area contributed by atoms with Gasteiger partial charge in [0.25, 0.3) is 0 Å². The van der Waals surface area contributed by atoms with Crippen LogP contribution in [0.2, 0.25) is 0 Å². The van der Waals surface area contributed by atoms with Crippen LogP contribution in [0.4, 0.5) is 0 Å². The number of piperidine rings is 1. The molecule has 2 aromatic rings. The SMILES string of the molecule is c1nc(C2CCNCC2)c2ccc(OCCCN3CCNCC3)cc2n1. The third-order valence-electron chi connectivity index (χ3n) is 5.46. The van der Waals surface area contributed by atoms with Gasteiger partial charge in [-0.05, 0) is 44.5 Å². The molecule has 2 aliphatic heterocycles. The molecule has 0 atom stereocenters. The van der Waals surface area contributed by atoms with E-state index in [1.54, 1.807) is 6.33 Å². The van der Waals surface area contributed by atoms with E-state index >= 15 is 0 Å². The number of fused-ring (bicyclic) bond motifs is 1. The average Bonchev–Trinajstić information content (AvgIpc) is 2.72. The van der Waals surface area contributed by atoms with Gasteiger partial charge in [0.15, 0.2) is 0 Å². The minimum absolute atomic E-state index is 0.535. The Hall–Kier alpha value is -1.76. The number of nitrogens with one attached hydrogen (secondary N) is 2. The summed E-state index contributed by atoms with van der Waals surface area (Å²) < 4.78 is 5.98. The van der Waals surface area contributed by atoms with E-state index in [1.807, 2.05) is 0 Å². The minimum atomic E-state index is 0.535. The van der Waals surface area contributed by atoms with Crippen molar-refractivity contribution in [1.82, 2.24) is 25.5 Å². The topological polar surface area (TPSA) is 62.3 Å². The van der Waals surface area contributed by atoms with Crippen molar-refractivity contribution in [1.29, 1.82) is 0 Å². The number of benzene rings is 1. The van der Waals surface area contributed by atoms with Crippen LogP contribution in [-0.2, 0) is 0 Å². The molecule has 140 valence electrons. The van der Waals surface area contributed by atoms with E-state index in [-0.39, 0.29) is 0 Å². The van der Waals surface area contributed by atoms with Gasteiger partial charge in [0, 0.05) is 50.1 Å². The Bertz CT molecular complexity index is 710. The third kappa shape index (κ3) is 4.31. The fourth-order valence-electron chi connectivity index (χ4n) is 3.98. The van der Waals surface area contributed by atoms with Gasteiger partial charge in [0.05, 0.1) is 17.8 Å². The van der Waals surface area contributed by atoms with Crippen LogP contribution < -0.4 is 15.4 Å². The molecule has 2 N–H and O–H groups in total. The molecule has 26 heavy (non-hydrogen) atoms. The molecular weight excluding hydrogens is 326 g/mol. The van der Waals surface area contributed by atoms with Gasteiger partial charge in [-0.15, -0.1) is 0 Å². The summed E-state index contributed by atoms with van der Waals surface area (Å²) in [5.41, 5.74) is 2.19. The number of ether oxygens (including phenoxy) is 1. The predicted octanol–water partition coefficient (Wildman–Crippen LogP) is 1.77. The molecule has 2 fully saturated rings. The van der Waals surface area contributed by atoms with E-state index in [0.29, 0.717) is 5.92 Å². The highest BCUT2D eigenvalue weighted by Gasteiger charge is 2.19. The molecule has 3 heterocycles. The molecule has 6 nitrogen and oxygen atoms in total. The fraction of sp³-hybridized carbons (Fsp3) is 0.600. The van der Waals surface area contributed by atoms with Gasteiger partial charge < -0.3 is 20.3 Å². The molecule has 6 heteroatoms. The lowest BCUT2D eigenvalue weighted by Crippen LogP contribution is -2.43. The first-order valence-electron chi connectivity index (χ1n) is 9.91. The lowest BCUT2D eigenvalue weighted by molar-refractivity contribution is 0.214. The second-order valence-electron chi connectivity index (χ2n) is 7.26. The van der Waals surface area contributed by atoms with Crippen molar-refractivity contribution >= 4 is 10.9 Å². The van der Waals surface area contributed by atoms with E-state index in [9.17, 15) is 0 Å². The summed E-state index contributed by atoms with van der Waals surface area (Å²) in [6.07, 6.45) is 5.06. The number of aromatic nitrogens is 2. The molecule has 4 rings (SSSR count). The Morgan fingerprint density at radius 1 is 1.04 bits per heavy atom. The highest BCUT2D eigenvalue weighted by atomic mass is 16.5. The summed E-state index contributed by atoms with van der Waals surface area (Å²) in [6.45, 7) is 8.50. The summed E-state index contributed by atoms with van der Waals surface area (Å²) in [5, 5.41) is 7.98. The van der Waals surface area contributed by atoms with Gasteiger partial charge in [0.2, 0.25) is 0 Å². The molecule has 0 spiro atoms. The third-order valence-corrected chi connectivity index (χ3v) is 5.46. The molecule has 0 amide bonds. The van der Waals surface area contributed by atoms with Crippen molar-refractivity contribution < 1.29 is 4.74 Å². The van der Waals surface area contributed by atoms with E-state index in [4.69, 9.17) is 4.74 Å². The van der Waals surface area contributed by atoms with Gasteiger partial charge in [0.1, 0.15) is 12.1 Å². The summed E-state index contributed by atoms with van der Waals surface area (Å²) in [5.74, 6) is 1.44. The Morgan fingerprint density at radius 3 is 2.69 bits per heavy atom. The summed E-state index contributed by atoms with van der Waals surface area (Å²) in [4.78, 5) is 11.6. The number of hydrogen-bond acceptors (Lipinski definition) is 6. The molecule has 0 unspecified atom stereocenters. The molecule has 0 saturated carbocycles. The molecule has 2 aliphatic rings. The normalized spacial score (nSPS) is 19.7. The first kappa shape index (κ1) is 17.6. The van der Waals surface area contributed by atoms with Gasteiger partial charge in [-0.25, -0.2) is 9.97 Å². The van der Waals surface area contributed by atoms with E-state index in [1.165, 1.54) is 11.1 Å². The monoisotopic (exact) mass is 355 g/mol. The quantitative estimate of drug-likeness (QED) is 0.770. The van der Waals surface area contributed by atoms with Crippen molar-refractivity contribution in [2.24, 2.45) is 0 Å². The molecule has 1 aromatic carbocycles. The molecule has 0 bridgehead atoms. The second kappa shape index (κ2) is 8.75. The zero-order valence-corrected chi connectivity index (χ0v) is 15.4. The zero-order chi connectivity index (χ0) is 17.6. The van der Waals surface area contributed by atoms with Crippen LogP contribution >= 0.6 is 0 Å².